The van der Waals surface area contributed by atoms with Crippen LogP contribution in [0.3, 0.4) is 0 Å². The number of aromatic nitrogens is 6. The predicted molar refractivity (Wildman–Crippen MR) is 109 cm³/mol. The van der Waals surface area contributed by atoms with Crippen molar-refractivity contribution in [2.75, 3.05) is 0 Å². The van der Waals surface area contributed by atoms with Gasteiger partial charge in [-0.1, -0.05) is 12.1 Å². The van der Waals surface area contributed by atoms with Crippen LogP contribution in [0, 0.1) is 6.92 Å². The summed E-state index contributed by atoms with van der Waals surface area (Å²) in [7, 11) is 1.90. The maximum absolute atomic E-state index is 4.87. The van der Waals surface area contributed by atoms with Crippen molar-refractivity contribution in [3.8, 4) is 33.9 Å². The molecule has 5 aromatic heterocycles. The molecule has 6 heteroatoms. The van der Waals surface area contributed by atoms with Crippen LogP contribution in [-0.4, -0.2) is 29.1 Å². The summed E-state index contributed by atoms with van der Waals surface area (Å²) in [5.41, 5.74) is 7.46. The highest BCUT2D eigenvalue weighted by Gasteiger charge is 2.17. The molecule has 136 valence electrons. The number of aryl methyl sites for hydroxylation is 2. The molecule has 0 atom stereocenters. The minimum Gasteiger partial charge on any atom is -0.299 e. The summed E-state index contributed by atoms with van der Waals surface area (Å²) in [6, 6.07) is 16.1. The summed E-state index contributed by atoms with van der Waals surface area (Å²) in [5, 5.41) is 4.26. The molecule has 0 N–H and O–H groups in total. The Hall–Kier alpha value is -3.80. The lowest BCUT2D eigenvalue weighted by Crippen LogP contribution is -1.93. The van der Waals surface area contributed by atoms with Gasteiger partial charge in [0.2, 0.25) is 0 Å². The Morgan fingerprint density at radius 3 is 2.64 bits per heavy atom. The highest BCUT2D eigenvalue weighted by molar-refractivity contribution is 5.82. The van der Waals surface area contributed by atoms with Gasteiger partial charge in [-0.05, 0) is 43.3 Å². The molecule has 0 aliphatic rings. The molecule has 0 amide bonds. The first-order chi connectivity index (χ1) is 13.7. The van der Waals surface area contributed by atoms with Crippen molar-refractivity contribution in [3.63, 3.8) is 0 Å². The smallest absolute Gasteiger partial charge is 0.138 e. The first kappa shape index (κ1) is 16.4. The molecule has 0 spiro atoms. The monoisotopic (exact) mass is 366 g/mol. The summed E-state index contributed by atoms with van der Waals surface area (Å²) < 4.78 is 3.88. The molecule has 0 radical (unpaired) electrons. The van der Waals surface area contributed by atoms with Gasteiger partial charge in [0.05, 0.1) is 23.3 Å². The molecule has 0 aromatic carbocycles. The SMILES string of the molecule is Cc1cccc(-c2nc3ccccn3c2-c2ccnc(-c3cnn(C)c3)c2)n1. The summed E-state index contributed by atoms with van der Waals surface area (Å²) in [6.45, 7) is 1.99. The molecule has 28 heavy (non-hydrogen) atoms. The number of nitrogens with zero attached hydrogens (tertiary/aromatic N) is 6. The van der Waals surface area contributed by atoms with Gasteiger partial charge in [-0.2, -0.15) is 5.10 Å². The van der Waals surface area contributed by atoms with Gasteiger partial charge in [0.25, 0.3) is 0 Å². The van der Waals surface area contributed by atoms with Crippen molar-refractivity contribution in [1.82, 2.24) is 29.1 Å². The van der Waals surface area contributed by atoms with Crippen molar-refractivity contribution in [1.29, 1.82) is 0 Å². The van der Waals surface area contributed by atoms with Gasteiger partial charge in [-0.3, -0.25) is 19.1 Å². The van der Waals surface area contributed by atoms with Gasteiger partial charge in [0, 0.05) is 42.5 Å². The maximum atomic E-state index is 4.87. The highest BCUT2D eigenvalue weighted by atomic mass is 15.2. The fraction of sp³-hybridized carbons (Fsp3) is 0.0909. The van der Waals surface area contributed by atoms with Crippen molar-refractivity contribution < 1.29 is 0 Å². The molecular formula is C22H18N6. The standard InChI is InChI=1S/C22H18N6/c1-15-6-5-7-18(25-15)21-22(28-11-4-3-8-20(28)26-21)16-9-10-23-19(12-16)17-13-24-27(2)14-17/h3-14H,1-2H3. The van der Waals surface area contributed by atoms with Gasteiger partial charge in [-0.25, -0.2) is 4.98 Å². The van der Waals surface area contributed by atoms with Crippen LogP contribution in [-0.2, 0) is 7.05 Å². The van der Waals surface area contributed by atoms with Crippen LogP contribution in [0.25, 0.3) is 39.5 Å². The average molecular weight is 366 g/mol. The summed E-state index contributed by atoms with van der Waals surface area (Å²) in [4.78, 5) is 14.1. The van der Waals surface area contributed by atoms with E-state index in [0.717, 1.165) is 45.2 Å². The second kappa shape index (κ2) is 6.42. The van der Waals surface area contributed by atoms with E-state index < -0.39 is 0 Å². The van der Waals surface area contributed by atoms with Crippen molar-refractivity contribution in [3.05, 3.63) is 79.0 Å². The van der Waals surface area contributed by atoms with Crippen LogP contribution in [0.5, 0.6) is 0 Å². The predicted octanol–water partition coefficient (Wildman–Crippen LogP) is 4.17. The Morgan fingerprint density at radius 2 is 1.82 bits per heavy atom. The Bertz CT molecular complexity index is 1300. The molecule has 0 aliphatic heterocycles. The molecule has 0 saturated carbocycles. The number of hydrogen-bond acceptors (Lipinski definition) is 4. The van der Waals surface area contributed by atoms with Crippen molar-refractivity contribution >= 4 is 5.65 Å². The second-order valence-electron chi connectivity index (χ2n) is 6.73. The van der Waals surface area contributed by atoms with E-state index in [1.807, 2.05) is 81.2 Å². The number of fused-ring (bicyclic) bond motifs is 1. The lowest BCUT2D eigenvalue weighted by atomic mass is 10.1. The molecule has 0 bridgehead atoms. The van der Waals surface area contributed by atoms with E-state index in [9.17, 15) is 0 Å². The molecule has 0 aliphatic carbocycles. The topological polar surface area (TPSA) is 60.9 Å². The molecule has 0 unspecified atom stereocenters. The second-order valence-corrected chi connectivity index (χ2v) is 6.73. The first-order valence-electron chi connectivity index (χ1n) is 9.05. The zero-order valence-electron chi connectivity index (χ0n) is 15.6. The van der Waals surface area contributed by atoms with Crippen molar-refractivity contribution in [2.45, 2.75) is 6.92 Å². The van der Waals surface area contributed by atoms with Crippen LogP contribution < -0.4 is 0 Å². The van der Waals surface area contributed by atoms with Gasteiger partial charge in [0.1, 0.15) is 11.3 Å². The van der Waals surface area contributed by atoms with Gasteiger partial charge < -0.3 is 0 Å². The molecule has 5 heterocycles. The molecular weight excluding hydrogens is 348 g/mol. The maximum Gasteiger partial charge on any atom is 0.138 e. The van der Waals surface area contributed by atoms with E-state index in [1.165, 1.54) is 0 Å². The van der Waals surface area contributed by atoms with Crippen LogP contribution in [0.4, 0.5) is 0 Å². The Kier molecular flexibility index (Phi) is 3.76. The number of pyridine rings is 3. The third-order valence-corrected chi connectivity index (χ3v) is 4.69. The third-order valence-electron chi connectivity index (χ3n) is 4.69. The van der Waals surface area contributed by atoms with Crippen LogP contribution in [0.15, 0.2) is 73.3 Å². The quantitative estimate of drug-likeness (QED) is 0.481. The third kappa shape index (κ3) is 2.75. The zero-order chi connectivity index (χ0) is 19.1. The minimum absolute atomic E-state index is 0.859. The van der Waals surface area contributed by atoms with Gasteiger partial charge >= 0.3 is 0 Å². The Morgan fingerprint density at radius 1 is 0.893 bits per heavy atom. The largest absolute Gasteiger partial charge is 0.299 e. The fourth-order valence-electron chi connectivity index (χ4n) is 3.41. The van der Waals surface area contributed by atoms with E-state index in [4.69, 9.17) is 9.97 Å². The molecule has 5 rings (SSSR count). The number of hydrogen-bond donors (Lipinski definition) is 0. The molecule has 0 saturated heterocycles. The van der Waals surface area contributed by atoms with Crippen molar-refractivity contribution in [2.24, 2.45) is 7.05 Å². The Labute approximate surface area is 162 Å². The molecule has 6 nitrogen and oxygen atoms in total. The van der Waals surface area contributed by atoms with Gasteiger partial charge in [-0.15, -0.1) is 0 Å². The van der Waals surface area contributed by atoms with E-state index in [0.29, 0.717) is 0 Å². The van der Waals surface area contributed by atoms with E-state index >= 15 is 0 Å². The van der Waals surface area contributed by atoms with Crippen LogP contribution >= 0.6 is 0 Å². The van der Waals surface area contributed by atoms with Crippen LogP contribution in [0.1, 0.15) is 5.69 Å². The average Bonchev–Trinajstić information content (AvgIpc) is 3.32. The van der Waals surface area contributed by atoms with E-state index in [2.05, 4.69) is 20.5 Å². The Balaban J connectivity index is 1.76. The van der Waals surface area contributed by atoms with E-state index in [1.54, 1.807) is 4.68 Å². The lowest BCUT2D eigenvalue weighted by molar-refractivity contribution is 0.768. The molecule has 5 aromatic rings. The minimum atomic E-state index is 0.859. The normalized spacial score (nSPS) is 11.2. The lowest BCUT2D eigenvalue weighted by Gasteiger charge is -2.07. The van der Waals surface area contributed by atoms with Gasteiger partial charge in [0.15, 0.2) is 0 Å². The zero-order valence-corrected chi connectivity index (χ0v) is 15.6. The summed E-state index contributed by atoms with van der Waals surface area (Å²) in [5.74, 6) is 0. The summed E-state index contributed by atoms with van der Waals surface area (Å²) >= 11 is 0. The first-order valence-corrected chi connectivity index (χ1v) is 9.05. The van der Waals surface area contributed by atoms with Crippen LogP contribution in [0.2, 0.25) is 0 Å². The molecule has 0 fully saturated rings. The van der Waals surface area contributed by atoms with E-state index in [-0.39, 0.29) is 0 Å². The highest BCUT2D eigenvalue weighted by Crippen LogP contribution is 2.33. The number of imidazole rings is 1. The fourth-order valence-corrected chi connectivity index (χ4v) is 3.41. The number of rotatable bonds is 3. The summed E-state index contributed by atoms with van der Waals surface area (Å²) in [6.07, 6.45) is 7.64.